The fraction of sp³-hybridized carbons (Fsp3) is 0.750. The van der Waals surface area contributed by atoms with E-state index in [2.05, 4.69) is 40.8 Å². The van der Waals surface area contributed by atoms with Gasteiger partial charge >= 0.3 is 0 Å². The number of hydrogen-bond donors (Lipinski definition) is 2. The third kappa shape index (κ3) is 5.40. The molecule has 0 spiro atoms. The molecule has 0 saturated heterocycles. The van der Waals surface area contributed by atoms with Crippen molar-refractivity contribution in [2.24, 2.45) is 18.0 Å². The molecule has 1 saturated carbocycles. The molecule has 1 aromatic heterocycles. The summed E-state index contributed by atoms with van der Waals surface area (Å²) in [5.74, 6) is 1.84. The molecule has 21 heavy (non-hydrogen) atoms. The summed E-state index contributed by atoms with van der Waals surface area (Å²) in [5, 5.41) is 11.1. The van der Waals surface area contributed by atoms with Gasteiger partial charge in [0.1, 0.15) is 0 Å². The van der Waals surface area contributed by atoms with Crippen molar-refractivity contribution in [2.45, 2.75) is 52.0 Å². The average molecular weight is 291 g/mol. The summed E-state index contributed by atoms with van der Waals surface area (Å²) < 4.78 is 1.84. The molecule has 5 heteroatoms. The molecule has 0 unspecified atom stereocenters. The van der Waals surface area contributed by atoms with Gasteiger partial charge in [0.25, 0.3) is 0 Å². The Balaban J connectivity index is 1.81. The lowest BCUT2D eigenvalue weighted by Gasteiger charge is -2.28. The van der Waals surface area contributed by atoms with E-state index in [1.807, 2.05) is 17.9 Å². The van der Waals surface area contributed by atoms with E-state index < -0.39 is 0 Å². The number of aromatic nitrogens is 2. The van der Waals surface area contributed by atoms with E-state index in [-0.39, 0.29) is 0 Å². The molecule has 5 nitrogen and oxygen atoms in total. The lowest BCUT2D eigenvalue weighted by molar-refractivity contribution is 0.329. The first-order valence-electron chi connectivity index (χ1n) is 8.19. The normalized spacial score (nSPS) is 23.1. The average Bonchev–Trinajstić information content (AvgIpc) is 2.87. The van der Waals surface area contributed by atoms with Crippen LogP contribution in [0.3, 0.4) is 0 Å². The highest BCUT2D eigenvalue weighted by molar-refractivity contribution is 5.80. The van der Waals surface area contributed by atoms with Crippen LogP contribution in [0.1, 0.15) is 45.1 Å². The zero-order valence-corrected chi connectivity index (χ0v) is 13.6. The Bertz CT molecular complexity index is 443. The van der Waals surface area contributed by atoms with Gasteiger partial charge in [0, 0.05) is 32.4 Å². The van der Waals surface area contributed by atoms with Crippen molar-refractivity contribution < 1.29 is 0 Å². The number of hydrogen-bond acceptors (Lipinski definition) is 2. The van der Waals surface area contributed by atoms with Crippen LogP contribution in [0.5, 0.6) is 0 Å². The fourth-order valence-electron chi connectivity index (χ4n) is 2.82. The second-order valence-corrected chi connectivity index (χ2v) is 6.13. The van der Waals surface area contributed by atoms with Crippen LogP contribution in [0.2, 0.25) is 0 Å². The zero-order chi connectivity index (χ0) is 15.1. The summed E-state index contributed by atoms with van der Waals surface area (Å²) in [6, 6.07) is 0.581. The van der Waals surface area contributed by atoms with E-state index in [9.17, 15) is 0 Å². The Hall–Kier alpha value is -1.52. The van der Waals surface area contributed by atoms with Crippen LogP contribution in [0, 0.1) is 5.92 Å². The van der Waals surface area contributed by atoms with Crippen LogP contribution < -0.4 is 10.6 Å². The maximum absolute atomic E-state index is 4.69. The second kappa shape index (κ2) is 8.05. The maximum Gasteiger partial charge on any atom is 0.191 e. The predicted octanol–water partition coefficient (Wildman–Crippen LogP) is 2.10. The number of rotatable bonds is 5. The van der Waals surface area contributed by atoms with Crippen molar-refractivity contribution in [2.75, 3.05) is 13.1 Å². The quantitative estimate of drug-likeness (QED) is 0.645. The molecular formula is C16H29N5. The van der Waals surface area contributed by atoms with Crippen LogP contribution in [-0.4, -0.2) is 34.9 Å². The van der Waals surface area contributed by atoms with Crippen LogP contribution in [-0.2, 0) is 13.5 Å². The molecule has 1 aromatic rings. The van der Waals surface area contributed by atoms with Gasteiger partial charge in [0.2, 0.25) is 0 Å². The van der Waals surface area contributed by atoms with E-state index in [4.69, 9.17) is 0 Å². The predicted molar refractivity (Wildman–Crippen MR) is 87.4 cm³/mol. The Morgan fingerprint density at radius 3 is 2.76 bits per heavy atom. The Morgan fingerprint density at radius 1 is 1.38 bits per heavy atom. The molecule has 118 valence electrons. The number of nitrogens with zero attached hydrogens (tertiary/aromatic N) is 3. The van der Waals surface area contributed by atoms with Gasteiger partial charge in [-0.1, -0.05) is 6.92 Å². The van der Waals surface area contributed by atoms with Crippen molar-refractivity contribution in [1.82, 2.24) is 20.4 Å². The van der Waals surface area contributed by atoms with Crippen molar-refractivity contribution >= 4 is 5.96 Å². The summed E-state index contributed by atoms with van der Waals surface area (Å²) in [4.78, 5) is 4.69. The SMILES string of the molecule is CCNC(=NCCc1cnn(C)c1)NC1CCC(C)CC1. The lowest BCUT2D eigenvalue weighted by Crippen LogP contribution is -2.44. The van der Waals surface area contributed by atoms with Crippen LogP contribution in [0.4, 0.5) is 0 Å². The molecule has 2 rings (SSSR count). The third-order valence-corrected chi connectivity index (χ3v) is 4.13. The van der Waals surface area contributed by atoms with Gasteiger partial charge in [-0.3, -0.25) is 9.67 Å². The molecular weight excluding hydrogens is 262 g/mol. The lowest BCUT2D eigenvalue weighted by atomic mass is 9.87. The molecule has 1 fully saturated rings. The van der Waals surface area contributed by atoms with Crippen molar-refractivity contribution in [3.8, 4) is 0 Å². The minimum absolute atomic E-state index is 0.581. The number of guanidine groups is 1. The van der Waals surface area contributed by atoms with Gasteiger partial charge in [-0.15, -0.1) is 0 Å². The van der Waals surface area contributed by atoms with Crippen LogP contribution >= 0.6 is 0 Å². The molecule has 0 aliphatic heterocycles. The minimum atomic E-state index is 0.581. The molecule has 0 aromatic carbocycles. The monoisotopic (exact) mass is 291 g/mol. The highest BCUT2D eigenvalue weighted by atomic mass is 15.2. The van der Waals surface area contributed by atoms with E-state index >= 15 is 0 Å². The van der Waals surface area contributed by atoms with Crippen molar-refractivity contribution in [3.63, 3.8) is 0 Å². The largest absolute Gasteiger partial charge is 0.357 e. The van der Waals surface area contributed by atoms with Gasteiger partial charge in [0.15, 0.2) is 5.96 Å². The van der Waals surface area contributed by atoms with Gasteiger partial charge in [0.05, 0.1) is 6.20 Å². The summed E-state index contributed by atoms with van der Waals surface area (Å²) in [6.07, 6.45) is 10.1. The Morgan fingerprint density at radius 2 is 2.14 bits per heavy atom. The third-order valence-electron chi connectivity index (χ3n) is 4.13. The fourth-order valence-corrected chi connectivity index (χ4v) is 2.82. The Labute approximate surface area is 128 Å². The molecule has 1 heterocycles. The van der Waals surface area contributed by atoms with Crippen LogP contribution in [0.15, 0.2) is 17.4 Å². The molecule has 0 amide bonds. The van der Waals surface area contributed by atoms with Crippen molar-refractivity contribution in [1.29, 1.82) is 0 Å². The topological polar surface area (TPSA) is 54.2 Å². The molecule has 0 atom stereocenters. The zero-order valence-electron chi connectivity index (χ0n) is 13.6. The first kappa shape index (κ1) is 15.9. The molecule has 2 N–H and O–H groups in total. The van der Waals surface area contributed by atoms with E-state index in [0.717, 1.165) is 31.4 Å². The molecule has 0 bridgehead atoms. The number of nitrogens with one attached hydrogen (secondary N) is 2. The molecule has 0 radical (unpaired) electrons. The minimum Gasteiger partial charge on any atom is -0.357 e. The van der Waals surface area contributed by atoms with Crippen molar-refractivity contribution in [3.05, 3.63) is 18.0 Å². The summed E-state index contributed by atoms with van der Waals surface area (Å²) in [5.41, 5.74) is 1.24. The van der Waals surface area contributed by atoms with Gasteiger partial charge in [-0.2, -0.15) is 5.10 Å². The second-order valence-electron chi connectivity index (χ2n) is 6.13. The summed E-state index contributed by atoms with van der Waals surface area (Å²) in [6.45, 7) is 6.16. The maximum atomic E-state index is 4.69. The van der Waals surface area contributed by atoms with Gasteiger partial charge < -0.3 is 10.6 Å². The van der Waals surface area contributed by atoms with Gasteiger partial charge in [-0.25, -0.2) is 0 Å². The molecule has 1 aliphatic carbocycles. The number of aliphatic imine (C=N–C) groups is 1. The van der Waals surface area contributed by atoms with Gasteiger partial charge in [-0.05, 0) is 50.5 Å². The highest BCUT2D eigenvalue weighted by Crippen LogP contribution is 2.23. The van der Waals surface area contributed by atoms with E-state index in [1.165, 1.54) is 31.2 Å². The smallest absolute Gasteiger partial charge is 0.191 e. The first-order chi connectivity index (χ1) is 10.2. The first-order valence-corrected chi connectivity index (χ1v) is 8.19. The Kier molecular flexibility index (Phi) is 6.08. The summed E-state index contributed by atoms with van der Waals surface area (Å²) in [7, 11) is 1.95. The number of aryl methyl sites for hydroxylation is 1. The van der Waals surface area contributed by atoms with E-state index in [1.54, 1.807) is 0 Å². The summed E-state index contributed by atoms with van der Waals surface area (Å²) >= 11 is 0. The van der Waals surface area contributed by atoms with E-state index in [0.29, 0.717) is 6.04 Å². The van der Waals surface area contributed by atoms with Crippen LogP contribution in [0.25, 0.3) is 0 Å². The standard InChI is InChI=1S/C16H29N5/c1-4-17-16(20-15-7-5-13(2)6-8-15)18-10-9-14-11-19-21(3)12-14/h11-13,15H,4-10H2,1-3H3,(H2,17,18,20). The highest BCUT2D eigenvalue weighted by Gasteiger charge is 2.18. The molecule has 1 aliphatic rings.